The third-order valence-corrected chi connectivity index (χ3v) is 8.41. The van der Waals surface area contributed by atoms with E-state index in [4.69, 9.17) is 28.4 Å². The molecule has 3 aromatic rings. The molecule has 43 heavy (non-hydrogen) atoms. The smallest absolute Gasteiger partial charge is 0.250 e. The van der Waals surface area contributed by atoms with E-state index in [1.54, 1.807) is 39.5 Å². The van der Waals surface area contributed by atoms with Crippen LogP contribution in [0.25, 0.3) is 6.08 Å². The van der Waals surface area contributed by atoms with Gasteiger partial charge in [0.1, 0.15) is 5.54 Å². The highest BCUT2D eigenvalue weighted by Crippen LogP contribution is 2.56. The van der Waals surface area contributed by atoms with Crippen molar-refractivity contribution in [2.75, 3.05) is 61.6 Å². The van der Waals surface area contributed by atoms with Crippen molar-refractivity contribution >= 4 is 23.5 Å². The monoisotopic (exact) mass is 588 g/mol. The summed E-state index contributed by atoms with van der Waals surface area (Å²) in [5, 5.41) is 3.02. The predicted octanol–water partition coefficient (Wildman–Crippen LogP) is 4.51. The molecule has 1 N–H and O–H groups in total. The standard InChI is InChI=1S/C33H36N2O8/c1-35-18-21(20-16-27(40-4)31(43-7)28(17-20)41-5)29(33(35)22-10-8-9-11-23(22)34-32(33)37)24(36)13-12-19-14-25(38-2)30(42-6)26(15-19)39-3/h8-17,21,29H,18H2,1-7H3,(H,34,37)/b13-12+/t21-,29+,33-/m0/s1. The number of hydrogen-bond donors (Lipinski definition) is 1. The number of benzene rings is 3. The Labute approximate surface area is 251 Å². The van der Waals surface area contributed by atoms with Crippen LogP contribution in [0.2, 0.25) is 0 Å². The number of ketones is 1. The van der Waals surface area contributed by atoms with E-state index < -0.39 is 17.4 Å². The Kier molecular flexibility index (Phi) is 8.23. The number of amides is 1. The Morgan fingerprint density at radius 1 is 0.837 bits per heavy atom. The molecule has 3 atom stereocenters. The van der Waals surface area contributed by atoms with Crippen molar-refractivity contribution in [2.45, 2.75) is 11.5 Å². The molecule has 2 heterocycles. The van der Waals surface area contributed by atoms with Gasteiger partial charge in [0.25, 0.3) is 0 Å². The molecule has 1 spiro atoms. The maximum atomic E-state index is 14.5. The van der Waals surface area contributed by atoms with Gasteiger partial charge in [-0.15, -0.1) is 0 Å². The van der Waals surface area contributed by atoms with Crippen LogP contribution in [0.3, 0.4) is 0 Å². The summed E-state index contributed by atoms with van der Waals surface area (Å²) in [5.41, 5.74) is 1.67. The van der Waals surface area contributed by atoms with Gasteiger partial charge in [-0.05, 0) is 54.6 Å². The number of allylic oxidation sites excluding steroid dienone is 1. The van der Waals surface area contributed by atoms with Gasteiger partial charge in [-0.2, -0.15) is 0 Å². The summed E-state index contributed by atoms with van der Waals surface area (Å²) < 4.78 is 33.2. The Balaban J connectivity index is 1.66. The first-order valence-electron chi connectivity index (χ1n) is 13.7. The van der Waals surface area contributed by atoms with Gasteiger partial charge in [0, 0.05) is 23.7 Å². The van der Waals surface area contributed by atoms with E-state index in [-0.39, 0.29) is 11.7 Å². The largest absolute Gasteiger partial charge is 0.493 e. The minimum Gasteiger partial charge on any atom is -0.493 e. The molecule has 0 radical (unpaired) electrons. The number of fused-ring (bicyclic) bond motifs is 2. The van der Waals surface area contributed by atoms with E-state index >= 15 is 0 Å². The molecule has 10 nitrogen and oxygen atoms in total. The first-order chi connectivity index (χ1) is 20.8. The lowest BCUT2D eigenvalue weighted by molar-refractivity contribution is -0.133. The van der Waals surface area contributed by atoms with Gasteiger partial charge in [-0.1, -0.05) is 24.3 Å². The average molecular weight is 589 g/mol. The molecule has 0 aliphatic carbocycles. The maximum absolute atomic E-state index is 14.5. The number of anilines is 1. The van der Waals surface area contributed by atoms with Gasteiger partial charge in [-0.3, -0.25) is 14.5 Å². The molecule has 5 rings (SSSR count). The summed E-state index contributed by atoms with van der Waals surface area (Å²) in [7, 11) is 11.1. The third-order valence-electron chi connectivity index (χ3n) is 8.41. The molecule has 2 aliphatic heterocycles. The van der Waals surface area contributed by atoms with Gasteiger partial charge in [-0.25, -0.2) is 0 Å². The van der Waals surface area contributed by atoms with Gasteiger partial charge < -0.3 is 33.7 Å². The number of hydrogen-bond acceptors (Lipinski definition) is 9. The number of methoxy groups -OCH3 is 6. The average Bonchev–Trinajstić information content (AvgIpc) is 3.51. The Hall–Kier alpha value is -4.70. The van der Waals surface area contributed by atoms with Crippen molar-refractivity contribution < 1.29 is 38.0 Å². The van der Waals surface area contributed by atoms with E-state index in [9.17, 15) is 9.59 Å². The fourth-order valence-corrected chi connectivity index (χ4v) is 6.52. The predicted molar refractivity (Wildman–Crippen MR) is 162 cm³/mol. The number of rotatable bonds is 10. The maximum Gasteiger partial charge on any atom is 0.250 e. The second-order valence-electron chi connectivity index (χ2n) is 10.4. The first kappa shape index (κ1) is 29.8. The zero-order chi connectivity index (χ0) is 30.9. The highest BCUT2D eigenvalue weighted by Gasteiger charge is 2.63. The third kappa shape index (κ3) is 4.71. The molecular weight excluding hydrogens is 552 g/mol. The minimum atomic E-state index is -1.24. The normalized spacial score (nSPS) is 21.0. The molecule has 10 heteroatoms. The van der Waals surface area contributed by atoms with Gasteiger partial charge >= 0.3 is 0 Å². The van der Waals surface area contributed by atoms with Crippen molar-refractivity contribution in [3.8, 4) is 34.5 Å². The molecule has 1 amide bonds. The van der Waals surface area contributed by atoms with E-state index in [1.807, 2.05) is 48.3 Å². The molecule has 0 saturated carbocycles. The molecule has 2 aliphatic rings. The molecule has 1 saturated heterocycles. The molecule has 0 bridgehead atoms. The number of ether oxygens (including phenoxy) is 6. The number of likely N-dealkylation sites (tertiary alicyclic amines) is 1. The van der Waals surface area contributed by atoms with E-state index in [0.717, 1.165) is 11.1 Å². The Morgan fingerprint density at radius 2 is 1.37 bits per heavy atom. The molecule has 3 aromatic carbocycles. The second kappa shape index (κ2) is 11.9. The lowest BCUT2D eigenvalue weighted by Crippen LogP contribution is -2.51. The topological polar surface area (TPSA) is 105 Å². The molecule has 226 valence electrons. The van der Waals surface area contributed by atoms with Crippen molar-refractivity contribution in [2.24, 2.45) is 5.92 Å². The summed E-state index contributed by atoms with van der Waals surface area (Å²) in [6, 6.07) is 14.7. The van der Waals surface area contributed by atoms with Crippen molar-refractivity contribution in [3.63, 3.8) is 0 Å². The van der Waals surface area contributed by atoms with E-state index in [2.05, 4.69) is 5.32 Å². The Morgan fingerprint density at radius 3 is 1.91 bits per heavy atom. The lowest BCUT2D eigenvalue weighted by atomic mass is 9.71. The van der Waals surface area contributed by atoms with Crippen LogP contribution in [0, 0.1) is 5.92 Å². The van der Waals surface area contributed by atoms with Crippen molar-refractivity contribution in [1.29, 1.82) is 0 Å². The zero-order valence-corrected chi connectivity index (χ0v) is 25.3. The number of nitrogens with zero attached hydrogens (tertiary/aromatic N) is 1. The molecule has 0 unspecified atom stereocenters. The fourth-order valence-electron chi connectivity index (χ4n) is 6.52. The quantitative estimate of drug-likeness (QED) is 0.343. The minimum absolute atomic E-state index is 0.219. The molecule has 1 fully saturated rings. The number of carbonyl (C=O) groups excluding carboxylic acids is 2. The van der Waals surface area contributed by atoms with Gasteiger partial charge in [0.05, 0.1) is 48.6 Å². The van der Waals surface area contributed by atoms with Crippen LogP contribution in [-0.4, -0.2) is 72.8 Å². The van der Waals surface area contributed by atoms with Crippen LogP contribution < -0.4 is 33.7 Å². The summed E-state index contributed by atoms with van der Waals surface area (Å²) in [6.45, 7) is 0.425. The Bertz CT molecular complexity index is 1530. The summed E-state index contributed by atoms with van der Waals surface area (Å²) in [6.07, 6.45) is 3.22. The summed E-state index contributed by atoms with van der Waals surface area (Å²) >= 11 is 0. The van der Waals surface area contributed by atoms with Gasteiger partial charge in [0.15, 0.2) is 28.8 Å². The number of para-hydroxylation sites is 1. The molecule has 0 aromatic heterocycles. The van der Waals surface area contributed by atoms with E-state index in [0.29, 0.717) is 52.3 Å². The second-order valence-corrected chi connectivity index (χ2v) is 10.4. The lowest BCUT2D eigenvalue weighted by Gasteiger charge is -2.35. The van der Waals surface area contributed by atoms with Crippen LogP contribution in [0.15, 0.2) is 54.6 Å². The molecular formula is C33H36N2O8. The van der Waals surface area contributed by atoms with Crippen LogP contribution in [-0.2, 0) is 15.1 Å². The summed E-state index contributed by atoms with van der Waals surface area (Å²) in [4.78, 5) is 30.4. The first-order valence-corrected chi connectivity index (χ1v) is 13.7. The van der Waals surface area contributed by atoms with Crippen molar-refractivity contribution in [3.05, 3.63) is 71.3 Å². The fraction of sp³-hybridized carbons (Fsp3) is 0.333. The van der Waals surface area contributed by atoms with E-state index in [1.165, 1.54) is 27.4 Å². The van der Waals surface area contributed by atoms with Crippen molar-refractivity contribution in [1.82, 2.24) is 4.90 Å². The van der Waals surface area contributed by atoms with Crippen LogP contribution in [0.1, 0.15) is 22.6 Å². The number of likely N-dealkylation sites (N-methyl/N-ethyl adjacent to an activating group) is 1. The highest BCUT2D eigenvalue weighted by atomic mass is 16.5. The van der Waals surface area contributed by atoms with Crippen LogP contribution in [0.5, 0.6) is 34.5 Å². The SMILES string of the molecule is COc1cc(/C=C/C(=O)[C@H]2[C@H](c3cc(OC)c(OC)c(OC)c3)CN(C)[C@]23C(=O)Nc2ccccc23)cc(OC)c1OC. The number of carbonyl (C=O) groups is 2. The highest BCUT2D eigenvalue weighted by molar-refractivity contribution is 6.11. The van der Waals surface area contributed by atoms with Crippen LogP contribution >= 0.6 is 0 Å². The summed E-state index contributed by atoms with van der Waals surface area (Å²) in [5.74, 6) is 1.11. The van der Waals surface area contributed by atoms with Crippen LogP contribution in [0.4, 0.5) is 5.69 Å². The zero-order valence-electron chi connectivity index (χ0n) is 25.3. The van der Waals surface area contributed by atoms with Gasteiger partial charge in [0.2, 0.25) is 17.4 Å². The number of nitrogens with one attached hydrogen (secondary N) is 1.